The van der Waals surface area contributed by atoms with E-state index in [1.165, 1.54) is 12.3 Å². The van der Waals surface area contributed by atoms with E-state index in [0.717, 1.165) is 4.31 Å². The minimum atomic E-state index is -3.83. The molecule has 8 heteroatoms. The van der Waals surface area contributed by atoms with Crippen LogP contribution in [0.25, 0.3) is 0 Å². The van der Waals surface area contributed by atoms with Crippen LogP contribution in [0.5, 0.6) is 0 Å². The Morgan fingerprint density at radius 1 is 1.52 bits per heavy atom. The summed E-state index contributed by atoms with van der Waals surface area (Å²) in [5.41, 5.74) is 0.646. The predicted molar refractivity (Wildman–Crippen MR) is 72.7 cm³/mol. The maximum Gasteiger partial charge on any atom is 0.308 e. The molecule has 1 fully saturated rings. The summed E-state index contributed by atoms with van der Waals surface area (Å²) in [5.74, 6) is -1.97. The van der Waals surface area contributed by atoms with Gasteiger partial charge < -0.3 is 5.11 Å². The number of carboxylic acids is 1. The van der Waals surface area contributed by atoms with Crippen LogP contribution < -0.4 is 0 Å². The maximum atomic E-state index is 12.5. The molecule has 1 aliphatic heterocycles. The smallest absolute Gasteiger partial charge is 0.308 e. The Morgan fingerprint density at radius 2 is 2.19 bits per heavy atom. The van der Waals surface area contributed by atoms with E-state index in [1.54, 1.807) is 13.8 Å². The van der Waals surface area contributed by atoms with Crippen LogP contribution in [0.2, 0.25) is 0 Å². The summed E-state index contributed by atoms with van der Waals surface area (Å²) in [6.07, 6.45) is 1.20. The molecule has 0 unspecified atom stereocenters. The van der Waals surface area contributed by atoms with Crippen LogP contribution in [0.4, 0.5) is 0 Å². The van der Waals surface area contributed by atoms with E-state index in [-0.39, 0.29) is 29.5 Å². The first-order chi connectivity index (χ1) is 9.77. The normalized spacial score (nSPS) is 22.9. The predicted octanol–water partition coefficient (Wildman–Crippen LogP) is 0.603. The van der Waals surface area contributed by atoms with Gasteiger partial charge in [0.25, 0.3) is 0 Å². The van der Waals surface area contributed by atoms with Crippen LogP contribution in [0.1, 0.15) is 18.2 Å². The first-order valence-electron chi connectivity index (χ1n) is 6.37. The third-order valence-electron chi connectivity index (χ3n) is 3.72. The molecule has 1 aromatic rings. The number of nitrogens with zero attached hydrogens (tertiary/aromatic N) is 3. The lowest BCUT2D eigenvalue weighted by molar-refractivity contribution is -0.142. The molecule has 1 aromatic heterocycles. The number of carbonyl (C=O) groups is 1. The Hall–Kier alpha value is -1.98. The van der Waals surface area contributed by atoms with E-state index < -0.39 is 21.9 Å². The van der Waals surface area contributed by atoms with Gasteiger partial charge >= 0.3 is 5.97 Å². The molecule has 1 aliphatic rings. The molecule has 2 atom stereocenters. The lowest BCUT2D eigenvalue weighted by Gasteiger charge is -2.16. The second kappa shape index (κ2) is 5.42. The highest BCUT2D eigenvalue weighted by Gasteiger charge is 2.40. The van der Waals surface area contributed by atoms with Gasteiger partial charge in [0.1, 0.15) is 11.0 Å². The van der Waals surface area contributed by atoms with Crippen molar-refractivity contribution in [3.05, 3.63) is 23.5 Å². The van der Waals surface area contributed by atoms with Gasteiger partial charge in [-0.3, -0.25) is 9.78 Å². The second-order valence-electron chi connectivity index (χ2n) is 5.16. The number of carboxylic acid groups (broad SMARTS) is 1. The molecule has 0 aromatic carbocycles. The van der Waals surface area contributed by atoms with Gasteiger partial charge in [0.2, 0.25) is 10.0 Å². The second-order valence-corrected chi connectivity index (χ2v) is 7.10. The largest absolute Gasteiger partial charge is 0.481 e. The third kappa shape index (κ3) is 2.75. The molecule has 2 rings (SSSR count). The number of aromatic nitrogens is 1. The Labute approximate surface area is 122 Å². The Kier molecular flexibility index (Phi) is 3.98. The zero-order valence-corrected chi connectivity index (χ0v) is 12.5. The van der Waals surface area contributed by atoms with Crippen molar-refractivity contribution >= 4 is 16.0 Å². The number of pyridine rings is 1. The Morgan fingerprint density at radius 3 is 2.71 bits per heavy atom. The van der Waals surface area contributed by atoms with Crippen LogP contribution >= 0.6 is 0 Å². The Balaban J connectivity index is 2.36. The van der Waals surface area contributed by atoms with Gasteiger partial charge in [-0.25, -0.2) is 8.42 Å². The zero-order chi connectivity index (χ0) is 15.8. The standard InChI is InChI=1S/C13H15N3O4S/c1-8-6-16(7-12(8)13(17)18)21(19,20)11-3-10(4-14)9(2)15-5-11/h3,5,8,12H,6-7H2,1-2H3,(H,17,18)/t8-,12-/m1/s1. The number of rotatable bonds is 3. The van der Waals surface area contributed by atoms with Gasteiger partial charge in [0.15, 0.2) is 0 Å². The van der Waals surface area contributed by atoms with E-state index in [2.05, 4.69) is 4.98 Å². The monoisotopic (exact) mass is 309 g/mol. The molecule has 0 spiro atoms. The molecule has 1 N–H and O–H groups in total. The molecule has 2 heterocycles. The third-order valence-corrected chi connectivity index (χ3v) is 5.51. The number of sulfonamides is 1. The molecule has 21 heavy (non-hydrogen) atoms. The topological polar surface area (TPSA) is 111 Å². The molecule has 0 radical (unpaired) electrons. The van der Waals surface area contributed by atoms with E-state index in [0.29, 0.717) is 5.69 Å². The van der Waals surface area contributed by atoms with Gasteiger partial charge in [-0.1, -0.05) is 6.92 Å². The van der Waals surface area contributed by atoms with Crippen LogP contribution in [-0.2, 0) is 14.8 Å². The van der Waals surface area contributed by atoms with Crippen molar-refractivity contribution in [1.29, 1.82) is 5.26 Å². The SMILES string of the molecule is Cc1ncc(S(=O)(=O)N2C[C@@H](C)[C@H](C(=O)O)C2)cc1C#N. The van der Waals surface area contributed by atoms with Crippen LogP contribution in [0, 0.1) is 30.1 Å². The number of hydrogen-bond acceptors (Lipinski definition) is 5. The molecule has 1 saturated heterocycles. The minimum absolute atomic E-state index is 0.0609. The summed E-state index contributed by atoms with van der Waals surface area (Å²) in [5, 5.41) is 18.0. The lowest BCUT2D eigenvalue weighted by atomic mass is 9.99. The molecular formula is C13H15N3O4S. The van der Waals surface area contributed by atoms with Crippen molar-refractivity contribution < 1.29 is 18.3 Å². The fourth-order valence-electron chi connectivity index (χ4n) is 2.36. The summed E-state index contributed by atoms with van der Waals surface area (Å²) >= 11 is 0. The van der Waals surface area contributed by atoms with E-state index in [9.17, 15) is 13.2 Å². The average molecular weight is 309 g/mol. The molecule has 0 bridgehead atoms. The van der Waals surface area contributed by atoms with Gasteiger partial charge in [-0.15, -0.1) is 0 Å². The molecule has 7 nitrogen and oxygen atoms in total. The van der Waals surface area contributed by atoms with Crippen molar-refractivity contribution in [2.24, 2.45) is 11.8 Å². The van der Waals surface area contributed by atoms with Crippen molar-refractivity contribution in [3.8, 4) is 6.07 Å². The molecule has 0 aliphatic carbocycles. The molecular weight excluding hydrogens is 294 g/mol. The lowest BCUT2D eigenvalue weighted by Crippen LogP contribution is -2.30. The minimum Gasteiger partial charge on any atom is -0.481 e. The average Bonchev–Trinajstić information content (AvgIpc) is 2.82. The molecule has 112 valence electrons. The highest BCUT2D eigenvalue weighted by molar-refractivity contribution is 7.89. The van der Waals surface area contributed by atoms with Gasteiger partial charge in [0, 0.05) is 19.3 Å². The summed E-state index contributed by atoms with van der Waals surface area (Å²) in [6.45, 7) is 3.42. The van der Waals surface area contributed by atoms with Crippen molar-refractivity contribution in [2.75, 3.05) is 13.1 Å². The van der Waals surface area contributed by atoms with Crippen LogP contribution in [0.15, 0.2) is 17.2 Å². The first kappa shape index (κ1) is 15.4. The first-order valence-corrected chi connectivity index (χ1v) is 7.81. The summed E-state index contributed by atoms with van der Waals surface area (Å²) in [7, 11) is -3.83. The van der Waals surface area contributed by atoms with Crippen LogP contribution in [-0.4, -0.2) is 41.9 Å². The summed E-state index contributed by atoms with van der Waals surface area (Å²) in [4.78, 5) is 14.9. The van der Waals surface area contributed by atoms with E-state index in [1.807, 2.05) is 6.07 Å². The van der Waals surface area contributed by atoms with Crippen molar-refractivity contribution in [2.45, 2.75) is 18.7 Å². The molecule has 0 saturated carbocycles. The zero-order valence-electron chi connectivity index (χ0n) is 11.6. The fraction of sp³-hybridized carbons (Fsp3) is 0.462. The van der Waals surface area contributed by atoms with E-state index >= 15 is 0 Å². The Bertz CT molecular complexity index is 723. The summed E-state index contributed by atoms with van der Waals surface area (Å²) in [6, 6.07) is 3.17. The number of nitriles is 1. The van der Waals surface area contributed by atoms with Crippen molar-refractivity contribution in [1.82, 2.24) is 9.29 Å². The van der Waals surface area contributed by atoms with E-state index in [4.69, 9.17) is 10.4 Å². The van der Waals surface area contributed by atoms with Crippen LogP contribution in [0.3, 0.4) is 0 Å². The maximum absolute atomic E-state index is 12.5. The highest BCUT2D eigenvalue weighted by Crippen LogP contribution is 2.28. The van der Waals surface area contributed by atoms with Gasteiger partial charge in [-0.2, -0.15) is 9.57 Å². The summed E-state index contributed by atoms with van der Waals surface area (Å²) < 4.78 is 26.2. The fourth-order valence-corrected chi connectivity index (χ4v) is 3.90. The number of aryl methyl sites for hydroxylation is 1. The van der Waals surface area contributed by atoms with Gasteiger partial charge in [0.05, 0.1) is 17.2 Å². The highest BCUT2D eigenvalue weighted by atomic mass is 32.2. The van der Waals surface area contributed by atoms with Gasteiger partial charge in [-0.05, 0) is 18.9 Å². The number of hydrogen-bond donors (Lipinski definition) is 1. The molecule has 0 amide bonds. The quantitative estimate of drug-likeness (QED) is 0.875. The van der Waals surface area contributed by atoms with Crippen molar-refractivity contribution in [3.63, 3.8) is 0 Å². The number of aliphatic carboxylic acids is 1.